The highest BCUT2D eigenvalue weighted by Crippen LogP contribution is 2.51. The molecule has 0 radical (unpaired) electrons. The number of hydrogen-bond acceptors (Lipinski definition) is 5. The molecule has 25 heavy (non-hydrogen) atoms. The third-order valence-corrected chi connectivity index (χ3v) is 6.32. The smallest absolute Gasteiger partial charge is 0.431 e. The first-order valence-corrected chi connectivity index (χ1v) is 9.45. The molecule has 5 nitrogen and oxygen atoms in total. The molecule has 0 spiro atoms. The van der Waals surface area contributed by atoms with Crippen molar-refractivity contribution in [2.45, 2.75) is 63.1 Å². The minimum absolute atomic E-state index is 0.0205. The summed E-state index contributed by atoms with van der Waals surface area (Å²) in [6.07, 6.45) is 6.35. The van der Waals surface area contributed by atoms with E-state index in [4.69, 9.17) is 9.47 Å². The first-order valence-electron chi connectivity index (χ1n) is 9.45. The summed E-state index contributed by atoms with van der Waals surface area (Å²) in [5, 5.41) is 0. The fourth-order valence-electron chi connectivity index (χ4n) is 5.06. The number of anilines is 1. The normalized spacial score (nSPS) is 29.4. The Morgan fingerprint density at radius 2 is 1.96 bits per heavy atom. The van der Waals surface area contributed by atoms with Crippen molar-refractivity contribution < 1.29 is 14.3 Å². The number of nitrogens with zero attached hydrogens (tertiary/aromatic N) is 2. The Morgan fingerprint density at radius 1 is 1.20 bits per heavy atom. The number of rotatable bonds is 2. The molecule has 1 saturated carbocycles. The molecule has 1 saturated heterocycles. The van der Waals surface area contributed by atoms with Crippen LogP contribution >= 0.6 is 0 Å². The van der Waals surface area contributed by atoms with E-state index in [0.29, 0.717) is 11.9 Å². The van der Waals surface area contributed by atoms with E-state index in [9.17, 15) is 4.79 Å². The largest absolute Gasteiger partial charge is 0.514 e. The number of likely N-dealkylation sites (tertiary alicyclic amines) is 1. The van der Waals surface area contributed by atoms with E-state index in [2.05, 4.69) is 36.9 Å². The molecule has 0 amide bonds. The van der Waals surface area contributed by atoms with Crippen molar-refractivity contribution in [3.05, 3.63) is 23.8 Å². The van der Waals surface area contributed by atoms with Gasteiger partial charge in [0.15, 0.2) is 0 Å². The lowest BCUT2D eigenvalue weighted by atomic mass is 9.81. The summed E-state index contributed by atoms with van der Waals surface area (Å²) in [5.41, 5.74) is 2.57. The molecule has 4 rings (SSSR count). The van der Waals surface area contributed by atoms with Crippen molar-refractivity contribution in [3.63, 3.8) is 0 Å². The molecule has 1 aliphatic carbocycles. The highest BCUT2D eigenvalue weighted by atomic mass is 16.7. The number of fused-ring (bicyclic) bond motifs is 3. The number of carbonyl (C=O) groups is 1. The summed E-state index contributed by atoms with van der Waals surface area (Å²) in [7, 11) is 4.33. The Hall–Kier alpha value is -1.75. The Kier molecular flexibility index (Phi) is 4.14. The van der Waals surface area contributed by atoms with Gasteiger partial charge >= 0.3 is 6.16 Å². The van der Waals surface area contributed by atoms with Crippen LogP contribution < -0.4 is 9.64 Å². The first-order chi connectivity index (χ1) is 12.0. The van der Waals surface area contributed by atoms with Crippen LogP contribution in [0.3, 0.4) is 0 Å². The molecule has 3 aliphatic rings. The molecule has 2 atom stereocenters. The van der Waals surface area contributed by atoms with Crippen LogP contribution in [0, 0.1) is 0 Å². The number of benzene rings is 1. The van der Waals surface area contributed by atoms with Gasteiger partial charge in [-0.05, 0) is 62.9 Å². The lowest BCUT2D eigenvalue weighted by Crippen LogP contribution is -2.45. The zero-order chi connectivity index (χ0) is 17.6. The fourth-order valence-corrected chi connectivity index (χ4v) is 5.06. The van der Waals surface area contributed by atoms with Crippen molar-refractivity contribution >= 4 is 11.8 Å². The van der Waals surface area contributed by atoms with Gasteiger partial charge in [0.25, 0.3) is 0 Å². The van der Waals surface area contributed by atoms with Crippen molar-refractivity contribution in [1.29, 1.82) is 0 Å². The second-order valence-electron chi connectivity index (χ2n) is 8.04. The number of ether oxygens (including phenoxy) is 2. The van der Waals surface area contributed by atoms with Crippen molar-refractivity contribution in [1.82, 2.24) is 4.90 Å². The minimum Gasteiger partial charge on any atom is -0.431 e. The SMILES string of the molecule is CN1CC[C@@]2(C)c3cc(OC(=O)OC4CCCCC4)ccc3N(C)[C@@H]12. The molecule has 1 aromatic rings. The van der Waals surface area contributed by atoms with Crippen LogP contribution in [0.25, 0.3) is 0 Å². The molecule has 2 aliphatic heterocycles. The van der Waals surface area contributed by atoms with Crippen LogP contribution in [0.4, 0.5) is 10.5 Å². The zero-order valence-corrected chi connectivity index (χ0v) is 15.5. The molecule has 1 aromatic carbocycles. The molecule has 2 fully saturated rings. The minimum atomic E-state index is -0.566. The summed E-state index contributed by atoms with van der Waals surface area (Å²) in [6.45, 7) is 3.40. The van der Waals surface area contributed by atoms with Crippen LogP contribution in [0.5, 0.6) is 5.75 Å². The summed E-state index contributed by atoms with van der Waals surface area (Å²) in [6, 6.07) is 5.98. The average molecular weight is 344 g/mol. The standard InChI is InChI=1S/C20H28N2O3/c1-20-11-12-21(2)18(20)22(3)17-10-9-15(13-16(17)20)25-19(23)24-14-7-5-4-6-8-14/h9-10,13-14,18H,4-8,11-12H2,1-3H3/t18-,20+/m1/s1. The monoisotopic (exact) mass is 344 g/mol. The fraction of sp³-hybridized carbons (Fsp3) is 0.650. The van der Waals surface area contributed by atoms with Crippen molar-refractivity contribution in [2.24, 2.45) is 0 Å². The van der Waals surface area contributed by atoms with Crippen LogP contribution in [0.1, 0.15) is 51.0 Å². The predicted octanol–water partition coefficient (Wildman–Crippen LogP) is 3.90. The second kappa shape index (κ2) is 6.20. The van der Waals surface area contributed by atoms with Crippen LogP contribution in [-0.4, -0.2) is 44.0 Å². The molecule has 0 aromatic heterocycles. The van der Waals surface area contributed by atoms with Gasteiger partial charge < -0.3 is 14.4 Å². The summed E-state index contributed by atoms with van der Waals surface area (Å²) in [5.74, 6) is 0.587. The number of carbonyl (C=O) groups excluding carboxylic acids is 1. The molecule has 0 unspecified atom stereocenters. The van der Waals surface area contributed by atoms with Gasteiger partial charge in [-0.15, -0.1) is 0 Å². The third-order valence-electron chi connectivity index (χ3n) is 6.32. The summed E-state index contributed by atoms with van der Waals surface area (Å²) < 4.78 is 11.0. The quantitative estimate of drug-likeness (QED) is 0.601. The summed E-state index contributed by atoms with van der Waals surface area (Å²) in [4.78, 5) is 16.9. The molecule has 0 N–H and O–H groups in total. The van der Waals surface area contributed by atoms with E-state index in [0.717, 1.165) is 38.6 Å². The Balaban J connectivity index is 1.50. The molecular formula is C20H28N2O3. The van der Waals surface area contributed by atoms with Gasteiger partial charge in [-0.2, -0.15) is 0 Å². The lowest BCUT2D eigenvalue weighted by molar-refractivity contribution is 0.0416. The van der Waals surface area contributed by atoms with Crippen LogP contribution in [0.2, 0.25) is 0 Å². The zero-order valence-electron chi connectivity index (χ0n) is 15.5. The molecular weight excluding hydrogens is 316 g/mol. The van der Waals surface area contributed by atoms with Gasteiger partial charge in [-0.1, -0.05) is 13.3 Å². The number of likely N-dealkylation sites (N-methyl/N-ethyl adjacent to an activating group) is 2. The van der Waals surface area contributed by atoms with E-state index >= 15 is 0 Å². The average Bonchev–Trinajstić information content (AvgIpc) is 3.01. The van der Waals surface area contributed by atoms with Gasteiger partial charge in [-0.25, -0.2) is 4.79 Å². The van der Waals surface area contributed by atoms with Crippen molar-refractivity contribution in [3.8, 4) is 5.75 Å². The van der Waals surface area contributed by atoms with E-state index in [-0.39, 0.29) is 11.5 Å². The Morgan fingerprint density at radius 3 is 2.72 bits per heavy atom. The maximum atomic E-state index is 12.1. The summed E-state index contributed by atoms with van der Waals surface area (Å²) >= 11 is 0. The highest BCUT2D eigenvalue weighted by Gasteiger charge is 2.52. The molecule has 2 heterocycles. The van der Waals surface area contributed by atoms with Gasteiger partial charge in [0.05, 0.1) is 6.17 Å². The molecule has 0 bridgehead atoms. The van der Waals surface area contributed by atoms with Gasteiger partial charge in [0, 0.05) is 24.7 Å². The maximum Gasteiger partial charge on any atom is 0.514 e. The molecule has 5 heteroatoms. The van der Waals surface area contributed by atoms with Gasteiger partial charge in [0.2, 0.25) is 0 Å². The Labute approximate surface area is 149 Å². The van der Waals surface area contributed by atoms with Crippen LogP contribution in [-0.2, 0) is 10.2 Å². The number of hydrogen-bond donors (Lipinski definition) is 0. The highest BCUT2D eigenvalue weighted by molar-refractivity contribution is 5.69. The topological polar surface area (TPSA) is 42.0 Å². The second-order valence-corrected chi connectivity index (χ2v) is 8.04. The lowest BCUT2D eigenvalue weighted by Gasteiger charge is -2.32. The van der Waals surface area contributed by atoms with Crippen LogP contribution in [0.15, 0.2) is 18.2 Å². The van der Waals surface area contributed by atoms with E-state index in [1.165, 1.54) is 17.7 Å². The van der Waals surface area contributed by atoms with Crippen molar-refractivity contribution in [2.75, 3.05) is 25.5 Å². The van der Waals surface area contributed by atoms with E-state index in [1.54, 1.807) is 0 Å². The predicted molar refractivity (Wildman–Crippen MR) is 97.2 cm³/mol. The molecule has 136 valence electrons. The maximum absolute atomic E-state index is 12.1. The van der Waals surface area contributed by atoms with Gasteiger partial charge in [-0.3, -0.25) is 4.90 Å². The van der Waals surface area contributed by atoms with E-state index in [1.807, 2.05) is 12.1 Å². The van der Waals surface area contributed by atoms with Gasteiger partial charge in [0.1, 0.15) is 11.9 Å². The Bertz CT molecular complexity index is 671. The van der Waals surface area contributed by atoms with E-state index < -0.39 is 6.16 Å². The third kappa shape index (κ3) is 2.78. The first kappa shape index (κ1) is 16.7.